The van der Waals surface area contributed by atoms with Gasteiger partial charge < -0.3 is 19.3 Å². The molecule has 4 rings (SSSR count). The van der Waals surface area contributed by atoms with Crippen LogP contribution in [0.4, 0.5) is 4.39 Å². The minimum atomic E-state index is -0.859. The van der Waals surface area contributed by atoms with Gasteiger partial charge in [0.15, 0.2) is 0 Å². The summed E-state index contributed by atoms with van der Waals surface area (Å²) < 4.78 is 24.0. The van der Waals surface area contributed by atoms with E-state index >= 15 is 0 Å². The molecule has 2 aliphatic heterocycles. The molecule has 0 aliphatic carbocycles. The van der Waals surface area contributed by atoms with E-state index in [4.69, 9.17) is 9.47 Å². The van der Waals surface area contributed by atoms with Crippen molar-refractivity contribution in [3.63, 3.8) is 0 Å². The summed E-state index contributed by atoms with van der Waals surface area (Å²) in [5.41, 5.74) is 1.47. The van der Waals surface area contributed by atoms with E-state index in [-0.39, 0.29) is 17.7 Å². The van der Waals surface area contributed by atoms with Gasteiger partial charge in [-0.1, -0.05) is 24.3 Å². The number of nitrogens with zero attached hydrogens (tertiary/aromatic N) is 3. The minimum Gasteiger partial charge on any atom is -0.497 e. The third kappa shape index (κ3) is 4.74. The van der Waals surface area contributed by atoms with Crippen LogP contribution in [0.2, 0.25) is 0 Å². The molecule has 0 spiro atoms. The van der Waals surface area contributed by atoms with Gasteiger partial charge in [-0.3, -0.25) is 9.59 Å². The highest BCUT2D eigenvalue weighted by Crippen LogP contribution is 2.26. The number of amides is 2. The van der Waals surface area contributed by atoms with Crippen molar-refractivity contribution in [3.8, 4) is 5.75 Å². The lowest BCUT2D eigenvalue weighted by Crippen LogP contribution is -2.50. The van der Waals surface area contributed by atoms with E-state index in [0.29, 0.717) is 31.7 Å². The molecule has 1 fully saturated rings. The van der Waals surface area contributed by atoms with Crippen LogP contribution in [0.3, 0.4) is 0 Å². The summed E-state index contributed by atoms with van der Waals surface area (Å²) >= 11 is 0. The average molecular weight is 423 g/mol. The second kappa shape index (κ2) is 8.99. The SMILES string of the molecule is COc1ccc(/C=C/C(=O)N2CCN(C3=NC(=O)C(c4ccc(F)cc4)O3)CC2)cc1. The molecule has 0 saturated carbocycles. The van der Waals surface area contributed by atoms with Gasteiger partial charge in [0, 0.05) is 37.8 Å². The molecule has 2 aromatic rings. The fraction of sp³-hybridized carbons (Fsp3) is 0.261. The molecule has 1 atom stereocenters. The smallest absolute Gasteiger partial charge is 0.296 e. The molecule has 0 bridgehead atoms. The number of amidine groups is 1. The van der Waals surface area contributed by atoms with E-state index in [0.717, 1.165) is 11.3 Å². The normalized spacial score (nSPS) is 18.8. The molecule has 1 saturated heterocycles. The largest absolute Gasteiger partial charge is 0.497 e. The zero-order chi connectivity index (χ0) is 21.8. The third-order valence-corrected chi connectivity index (χ3v) is 5.22. The molecule has 7 nitrogen and oxygen atoms in total. The number of benzene rings is 2. The molecule has 2 heterocycles. The fourth-order valence-corrected chi connectivity index (χ4v) is 3.43. The maximum Gasteiger partial charge on any atom is 0.296 e. The average Bonchev–Trinajstić information content (AvgIpc) is 3.20. The van der Waals surface area contributed by atoms with Crippen molar-refractivity contribution in [2.24, 2.45) is 4.99 Å². The van der Waals surface area contributed by atoms with Gasteiger partial charge in [0.05, 0.1) is 7.11 Å². The summed E-state index contributed by atoms with van der Waals surface area (Å²) in [5.74, 6) is -0.110. The molecule has 0 N–H and O–H groups in total. The van der Waals surface area contributed by atoms with Crippen LogP contribution in [0.25, 0.3) is 6.08 Å². The van der Waals surface area contributed by atoms with Crippen molar-refractivity contribution >= 4 is 23.9 Å². The standard InChI is InChI=1S/C23H22FN3O4/c1-30-19-9-2-16(3-10-19)4-11-20(28)26-12-14-27(15-13-26)23-25-22(29)21(31-23)17-5-7-18(24)8-6-17/h2-11,21H,12-15H2,1H3/b11-4+. The molecule has 31 heavy (non-hydrogen) atoms. The monoisotopic (exact) mass is 423 g/mol. The van der Waals surface area contributed by atoms with Crippen molar-refractivity contribution in [2.75, 3.05) is 33.3 Å². The molecule has 2 aromatic carbocycles. The Morgan fingerprint density at radius 1 is 1.10 bits per heavy atom. The molecule has 8 heteroatoms. The number of hydrogen-bond acceptors (Lipinski definition) is 5. The Morgan fingerprint density at radius 2 is 1.77 bits per heavy atom. The second-order valence-electron chi connectivity index (χ2n) is 7.20. The van der Waals surface area contributed by atoms with Crippen LogP contribution >= 0.6 is 0 Å². The van der Waals surface area contributed by atoms with Crippen molar-refractivity contribution < 1.29 is 23.5 Å². The first-order chi connectivity index (χ1) is 15.0. The lowest BCUT2D eigenvalue weighted by molar-refractivity contribution is -0.127. The Labute approximate surface area is 179 Å². The Balaban J connectivity index is 1.30. The van der Waals surface area contributed by atoms with Crippen molar-refractivity contribution in [1.29, 1.82) is 0 Å². The number of piperazine rings is 1. The van der Waals surface area contributed by atoms with Crippen LogP contribution in [0.15, 0.2) is 59.6 Å². The van der Waals surface area contributed by atoms with Crippen LogP contribution in [0, 0.1) is 5.82 Å². The highest BCUT2D eigenvalue weighted by Gasteiger charge is 2.34. The van der Waals surface area contributed by atoms with E-state index in [1.807, 2.05) is 29.2 Å². The molecule has 0 aromatic heterocycles. The molecule has 2 amide bonds. The molecule has 0 radical (unpaired) electrons. The number of hydrogen-bond donors (Lipinski definition) is 0. The summed E-state index contributed by atoms with van der Waals surface area (Å²) in [6.45, 7) is 1.99. The number of aliphatic imine (C=N–C) groups is 1. The summed E-state index contributed by atoms with van der Waals surface area (Å²) in [4.78, 5) is 32.3. The van der Waals surface area contributed by atoms with Crippen molar-refractivity contribution in [1.82, 2.24) is 9.80 Å². The quantitative estimate of drug-likeness (QED) is 0.707. The van der Waals surface area contributed by atoms with E-state index in [1.165, 1.54) is 24.3 Å². The summed E-state index contributed by atoms with van der Waals surface area (Å²) in [7, 11) is 1.61. The first kappa shape index (κ1) is 20.6. The van der Waals surface area contributed by atoms with Gasteiger partial charge in [-0.2, -0.15) is 4.99 Å². The van der Waals surface area contributed by atoms with Crippen LogP contribution in [-0.4, -0.2) is 60.9 Å². The van der Waals surface area contributed by atoms with Crippen molar-refractivity contribution in [2.45, 2.75) is 6.10 Å². The van der Waals surface area contributed by atoms with Gasteiger partial charge >= 0.3 is 0 Å². The lowest BCUT2D eigenvalue weighted by atomic mass is 10.1. The number of rotatable bonds is 4. The minimum absolute atomic E-state index is 0.0787. The summed E-state index contributed by atoms with van der Waals surface area (Å²) in [6.07, 6.45) is 2.46. The lowest BCUT2D eigenvalue weighted by Gasteiger charge is -2.34. The summed E-state index contributed by atoms with van der Waals surface area (Å²) in [5, 5.41) is 0. The zero-order valence-electron chi connectivity index (χ0n) is 17.0. The van der Waals surface area contributed by atoms with Crippen molar-refractivity contribution in [3.05, 3.63) is 71.6 Å². The van der Waals surface area contributed by atoms with Crippen LogP contribution in [0.1, 0.15) is 17.2 Å². The Hall–Kier alpha value is -3.68. The van der Waals surface area contributed by atoms with E-state index in [1.54, 1.807) is 24.2 Å². The molecular formula is C23H22FN3O4. The highest BCUT2D eigenvalue weighted by atomic mass is 19.1. The Kier molecular flexibility index (Phi) is 5.97. The number of ether oxygens (including phenoxy) is 2. The molecular weight excluding hydrogens is 401 g/mol. The first-order valence-corrected chi connectivity index (χ1v) is 9.94. The Morgan fingerprint density at radius 3 is 2.42 bits per heavy atom. The summed E-state index contributed by atoms with van der Waals surface area (Å²) in [6, 6.07) is 13.3. The molecule has 2 aliphatic rings. The predicted molar refractivity (Wildman–Crippen MR) is 113 cm³/mol. The topological polar surface area (TPSA) is 71.4 Å². The zero-order valence-corrected chi connectivity index (χ0v) is 17.0. The number of carbonyl (C=O) groups is 2. The second-order valence-corrected chi connectivity index (χ2v) is 7.20. The van der Waals surface area contributed by atoms with Crippen LogP contribution in [0.5, 0.6) is 5.75 Å². The van der Waals surface area contributed by atoms with Gasteiger partial charge in [0.25, 0.3) is 11.9 Å². The fourth-order valence-electron chi connectivity index (χ4n) is 3.43. The third-order valence-electron chi connectivity index (χ3n) is 5.22. The van der Waals surface area contributed by atoms with Crippen LogP contribution < -0.4 is 4.74 Å². The van der Waals surface area contributed by atoms with Gasteiger partial charge in [0.1, 0.15) is 11.6 Å². The van der Waals surface area contributed by atoms with Gasteiger partial charge in [-0.15, -0.1) is 0 Å². The van der Waals surface area contributed by atoms with Gasteiger partial charge in [0.2, 0.25) is 12.0 Å². The van der Waals surface area contributed by atoms with E-state index < -0.39 is 12.0 Å². The number of halogens is 1. The van der Waals surface area contributed by atoms with Crippen LogP contribution in [-0.2, 0) is 14.3 Å². The Bertz CT molecular complexity index is 1010. The predicted octanol–water partition coefficient (Wildman–Crippen LogP) is 2.65. The molecule has 1 unspecified atom stereocenters. The molecule has 160 valence electrons. The maximum atomic E-state index is 13.1. The number of carbonyl (C=O) groups excluding carboxylic acids is 2. The highest BCUT2D eigenvalue weighted by molar-refractivity contribution is 5.99. The first-order valence-electron chi connectivity index (χ1n) is 9.94. The van der Waals surface area contributed by atoms with E-state index in [2.05, 4.69) is 4.99 Å². The number of methoxy groups -OCH3 is 1. The van der Waals surface area contributed by atoms with E-state index in [9.17, 15) is 14.0 Å². The van der Waals surface area contributed by atoms with Gasteiger partial charge in [-0.05, 0) is 35.9 Å². The van der Waals surface area contributed by atoms with Gasteiger partial charge in [-0.25, -0.2) is 4.39 Å². The maximum absolute atomic E-state index is 13.1.